The third-order valence-corrected chi connectivity index (χ3v) is 2.66. The van der Waals surface area contributed by atoms with Crippen molar-refractivity contribution < 1.29 is 0 Å². The van der Waals surface area contributed by atoms with Crippen LogP contribution in [0.1, 0.15) is 17.5 Å². The van der Waals surface area contributed by atoms with Gasteiger partial charge in [0.15, 0.2) is 0 Å². The minimum absolute atomic E-state index is 0. The van der Waals surface area contributed by atoms with Gasteiger partial charge in [0, 0.05) is 6.04 Å². The van der Waals surface area contributed by atoms with E-state index >= 15 is 0 Å². The van der Waals surface area contributed by atoms with Crippen LogP contribution in [-0.4, -0.2) is 13.1 Å². The SMILES string of the molecule is CNC1C=Cc2ccccc2CC1.Cl. The summed E-state index contributed by atoms with van der Waals surface area (Å²) in [5.74, 6) is 0. The summed E-state index contributed by atoms with van der Waals surface area (Å²) < 4.78 is 0. The van der Waals surface area contributed by atoms with E-state index in [-0.39, 0.29) is 12.4 Å². The standard InChI is InChI=1S/C12H15N.ClH/c1-13-12-8-6-10-4-2-3-5-11(10)7-9-12;/h2-6,8,12-13H,7,9H2,1H3;1H. The first-order valence-corrected chi connectivity index (χ1v) is 4.83. The zero-order chi connectivity index (χ0) is 9.10. The van der Waals surface area contributed by atoms with Crippen LogP contribution in [0.2, 0.25) is 0 Å². The summed E-state index contributed by atoms with van der Waals surface area (Å²) in [7, 11) is 2.02. The molecule has 0 spiro atoms. The van der Waals surface area contributed by atoms with E-state index in [0.717, 1.165) is 0 Å². The average Bonchev–Trinajstić information content (AvgIpc) is 2.39. The Balaban J connectivity index is 0.000000980. The van der Waals surface area contributed by atoms with Crippen molar-refractivity contribution in [1.29, 1.82) is 0 Å². The predicted octanol–water partition coefficient (Wildman–Crippen LogP) is 2.66. The number of halogens is 1. The Morgan fingerprint density at radius 2 is 2.07 bits per heavy atom. The van der Waals surface area contributed by atoms with E-state index in [9.17, 15) is 0 Å². The molecule has 1 atom stereocenters. The minimum Gasteiger partial charge on any atom is -0.314 e. The van der Waals surface area contributed by atoms with Gasteiger partial charge in [-0.1, -0.05) is 36.4 Å². The average molecular weight is 210 g/mol. The van der Waals surface area contributed by atoms with Crippen molar-refractivity contribution in [2.24, 2.45) is 0 Å². The highest BCUT2D eigenvalue weighted by molar-refractivity contribution is 5.85. The second-order valence-corrected chi connectivity index (χ2v) is 3.49. The number of aryl methyl sites for hydroxylation is 1. The van der Waals surface area contributed by atoms with E-state index in [1.165, 1.54) is 24.0 Å². The van der Waals surface area contributed by atoms with Crippen LogP contribution in [0.5, 0.6) is 0 Å². The van der Waals surface area contributed by atoms with E-state index in [1.54, 1.807) is 0 Å². The zero-order valence-electron chi connectivity index (χ0n) is 8.36. The highest BCUT2D eigenvalue weighted by Crippen LogP contribution is 2.18. The Hall–Kier alpha value is -0.790. The summed E-state index contributed by atoms with van der Waals surface area (Å²) in [4.78, 5) is 0. The molecule has 0 heterocycles. The number of nitrogens with one attached hydrogen (secondary N) is 1. The molecule has 1 nitrogen and oxygen atoms in total. The Kier molecular flexibility index (Phi) is 4.18. The molecule has 0 saturated heterocycles. The number of fused-ring (bicyclic) bond motifs is 1. The van der Waals surface area contributed by atoms with Crippen molar-refractivity contribution in [2.45, 2.75) is 18.9 Å². The van der Waals surface area contributed by atoms with Crippen LogP contribution in [0, 0.1) is 0 Å². The molecule has 1 aliphatic carbocycles. The minimum atomic E-state index is 0. The number of rotatable bonds is 1. The molecule has 0 aliphatic heterocycles. The van der Waals surface area contributed by atoms with Gasteiger partial charge in [-0.25, -0.2) is 0 Å². The lowest BCUT2D eigenvalue weighted by Crippen LogP contribution is -2.22. The van der Waals surface area contributed by atoms with Gasteiger partial charge >= 0.3 is 0 Å². The highest BCUT2D eigenvalue weighted by Gasteiger charge is 2.08. The van der Waals surface area contributed by atoms with E-state index in [2.05, 4.69) is 41.7 Å². The molecule has 2 heteroatoms. The molecule has 1 aromatic carbocycles. The van der Waals surface area contributed by atoms with E-state index < -0.39 is 0 Å². The number of hydrogen-bond donors (Lipinski definition) is 1. The van der Waals surface area contributed by atoms with Gasteiger partial charge < -0.3 is 5.32 Å². The first kappa shape index (κ1) is 11.3. The number of likely N-dealkylation sites (N-methyl/N-ethyl adjacent to an activating group) is 1. The lowest BCUT2D eigenvalue weighted by atomic mass is 10.0. The van der Waals surface area contributed by atoms with Gasteiger partial charge in [0.2, 0.25) is 0 Å². The molecule has 0 aromatic heterocycles. The van der Waals surface area contributed by atoms with Gasteiger partial charge in [-0.2, -0.15) is 0 Å². The summed E-state index contributed by atoms with van der Waals surface area (Å²) >= 11 is 0. The smallest absolute Gasteiger partial charge is 0.0253 e. The fourth-order valence-electron chi connectivity index (χ4n) is 1.79. The Morgan fingerprint density at radius 1 is 1.29 bits per heavy atom. The van der Waals surface area contributed by atoms with E-state index in [1.807, 2.05) is 7.05 Å². The molecule has 0 fully saturated rings. The molecule has 0 radical (unpaired) electrons. The molecule has 0 saturated carbocycles. The van der Waals surface area contributed by atoms with Gasteiger partial charge in [0.1, 0.15) is 0 Å². The quantitative estimate of drug-likeness (QED) is 0.750. The summed E-state index contributed by atoms with van der Waals surface area (Å²) in [6.45, 7) is 0. The van der Waals surface area contributed by atoms with Crippen LogP contribution in [0.25, 0.3) is 6.08 Å². The third kappa shape index (κ3) is 2.37. The van der Waals surface area contributed by atoms with Gasteiger partial charge in [0.05, 0.1) is 0 Å². The summed E-state index contributed by atoms with van der Waals surface area (Å²) in [6, 6.07) is 9.16. The van der Waals surface area contributed by atoms with E-state index in [4.69, 9.17) is 0 Å². The molecule has 1 aliphatic rings. The van der Waals surface area contributed by atoms with E-state index in [0.29, 0.717) is 6.04 Å². The van der Waals surface area contributed by atoms with Crippen LogP contribution in [0.4, 0.5) is 0 Å². The maximum absolute atomic E-state index is 3.29. The van der Waals surface area contributed by atoms with Crippen LogP contribution < -0.4 is 5.32 Å². The molecule has 76 valence electrons. The van der Waals surface area contributed by atoms with Crippen molar-refractivity contribution in [3.8, 4) is 0 Å². The zero-order valence-corrected chi connectivity index (χ0v) is 9.18. The molecular weight excluding hydrogens is 194 g/mol. The fraction of sp³-hybridized carbons (Fsp3) is 0.333. The molecule has 1 aromatic rings. The normalized spacial score (nSPS) is 19.4. The Bertz CT molecular complexity index is 320. The Morgan fingerprint density at radius 3 is 2.86 bits per heavy atom. The van der Waals surface area contributed by atoms with Crippen molar-refractivity contribution >= 4 is 18.5 Å². The lowest BCUT2D eigenvalue weighted by Gasteiger charge is -2.08. The molecule has 2 rings (SSSR count). The maximum atomic E-state index is 3.29. The second-order valence-electron chi connectivity index (χ2n) is 3.49. The van der Waals surface area contributed by atoms with Crippen LogP contribution in [0.15, 0.2) is 30.3 Å². The first-order chi connectivity index (χ1) is 6.40. The van der Waals surface area contributed by atoms with Crippen molar-refractivity contribution in [3.63, 3.8) is 0 Å². The molecular formula is C12H16ClN. The third-order valence-electron chi connectivity index (χ3n) is 2.66. The molecule has 0 bridgehead atoms. The highest BCUT2D eigenvalue weighted by atomic mass is 35.5. The second kappa shape index (κ2) is 5.18. The molecule has 0 amide bonds. The van der Waals surface area contributed by atoms with Crippen molar-refractivity contribution in [1.82, 2.24) is 5.32 Å². The summed E-state index contributed by atoms with van der Waals surface area (Å²) in [5, 5.41) is 3.29. The van der Waals surface area contributed by atoms with Crippen molar-refractivity contribution in [2.75, 3.05) is 7.05 Å². The fourth-order valence-corrected chi connectivity index (χ4v) is 1.79. The van der Waals surface area contributed by atoms with Gasteiger partial charge in [-0.3, -0.25) is 0 Å². The van der Waals surface area contributed by atoms with Gasteiger partial charge in [-0.15, -0.1) is 12.4 Å². The number of hydrogen-bond acceptors (Lipinski definition) is 1. The first-order valence-electron chi connectivity index (χ1n) is 4.83. The summed E-state index contributed by atoms with van der Waals surface area (Å²) in [6.07, 6.45) is 6.86. The predicted molar refractivity (Wildman–Crippen MR) is 63.9 cm³/mol. The number of benzene rings is 1. The van der Waals surface area contributed by atoms with Crippen LogP contribution >= 0.6 is 12.4 Å². The Labute approximate surface area is 91.6 Å². The monoisotopic (exact) mass is 209 g/mol. The largest absolute Gasteiger partial charge is 0.314 e. The topological polar surface area (TPSA) is 12.0 Å². The van der Waals surface area contributed by atoms with Gasteiger partial charge in [0.25, 0.3) is 0 Å². The lowest BCUT2D eigenvalue weighted by molar-refractivity contribution is 0.619. The van der Waals surface area contributed by atoms with Crippen LogP contribution in [-0.2, 0) is 6.42 Å². The maximum Gasteiger partial charge on any atom is 0.0253 e. The van der Waals surface area contributed by atoms with Gasteiger partial charge in [-0.05, 0) is 31.0 Å². The summed E-state index contributed by atoms with van der Waals surface area (Å²) in [5.41, 5.74) is 2.84. The van der Waals surface area contributed by atoms with Crippen LogP contribution in [0.3, 0.4) is 0 Å². The molecule has 14 heavy (non-hydrogen) atoms. The molecule has 1 N–H and O–H groups in total. The molecule has 1 unspecified atom stereocenters. The van der Waals surface area contributed by atoms with Crippen molar-refractivity contribution in [3.05, 3.63) is 41.5 Å².